The van der Waals surface area contributed by atoms with Crippen LogP contribution >= 0.6 is 28.3 Å². The molecule has 1 aromatic carbocycles. The molecule has 0 aromatic heterocycles. The molecule has 0 aliphatic carbocycles. The second-order valence-corrected chi connectivity index (χ2v) is 4.72. The molecule has 4 nitrogen and oxygen atoms in total. The Bertz CT molecular complexity index is 397. The number of rotatable bonds is 3. The van der Waals surface area contributed by atoms with Gasteiger partial charge < -0.3 is 19.9 Å². The predicted octanol–water partition coefficient (Wildman–Crippen LogP) is 2.64. The number of phenolic OH excluding ortho intramolecular Hbond substituents is 1. The smallest absolute Gasteiger partial charge is 0.172 e. The Labute approximate surface area is 121 Å². The Kier molecular flexibility index (Phi) is 6.21. The average molecular weight is 339 g/mol. The summed E-state index contributed by atoms with van der Waals surface area (Å²) in [5, 5.41) is 13.2. The average Bonchev–Trinajstić information content (AvgIpc) is 2.36. The molecule has 0 bridgehead atoms. The van der Waals surface area contributed by atoms with Crippen molar-refractivity contribution in [3.63, 3.8) is 0 Å². The number of hydrogen-bond donors (Lipinski definition) is 2. The fourth-order valence-corrected chi connectivity index (χ4v) is 2.30. The van der Waals surface area contributed by atoms with E-state index in [1.165, 1.54) is 0 Å². The molecule has 0 saturated carbocycles. The summed E-state index contributed by atoms with van der Waals surface area (Å²) >= 11 is 3.33. The van der Waals surface area contributed by atoms with Crippen molar-refractivity contribution in [2.24, 2.45) is 0 Å². The fourth-order valence-electron chi connectivity index (χ4n) is 1.84. The fraction of sp³-hybridized carbons (Fsp3) is 0.500. The minimum atomic E-state index is 0. The maximum atomic E-state index is 9.83. The number of halogens is 2. The summed E-state index contributed by atoms with van der Waals surface area (Å²) in [7, 11) is 0. The molecule has 2 rings (SSSR count). The van der Waals surface area contributed by atoms with Gasteiger partial charge >= 0.3 is 0 Å². The van der Waals surface area contributed by atoms with Gasteiger partial charge in [0, 0.05) is 6.54 Å². The Hall–Kier alpha value is -0.490. The number of hydrogen-bond acceptors (Lipinski definition) is 4. The summed E-state index contributed by atoms with van der Waals surface area (Å²) in [5.74, 6) is 0.650. The largest absolute Gasteiger partial charge is 0.503 e. The van der Waals surface area contributed by atoms with Crippen LogP contribution in [0.3, 0.4) is 0 Å². The molecule has 1 fully saturated rings. The van der Waals surface area contributed by atoms with Gasteiger partial charge in [0.2, 0.25) is 0 Å². The summed E-state index contributed by atoms with van der Waals surface area (Å²) in [6.07, 6.45) is 0. The van der Waals surface area contributed by atoms with Crippen molar-refractivity contribution in [3.8, 4) is 11.5 Å². The molecule has 1 aromatic rings. The maximum Gasteiger partial charge on any atom is 0.172 e. The van der Waals surface area contributed by atoms with Crippen molar-refractivity contribution >= 4 is 28.3 Å². The molecule has 1 saturated heterocycles. The monoisotopic (exact) mass is 337 g/mol. The van der Waals surface area contributed by atoms with Crippen LogP contribution in [0.1, 0.15) is 18.5 Å². The van der Waals surface area contributed by atoms with Crippen molar-refractivity contribution in [2.45, 2.75) is 13.0 Å². The van der Waals surface area contributed by atoms with Crippen LogP contribution in [0.15, 0.2) is 16.6 Å². The lowest BCUT2D eigenvalue weighted by molar-refractivity contribution is 0.0767. The minimum absolute atomic E-state index is 0. The van der Waals surface area contributed by atoms with E-state index in [-0.39, 0.29) is 24.2 Å². The lowest BCUT2D eigenvalue weighted by Crippen LogP contribution is -2.34. The van der Waals surface area contributed by atoms with Crippen LogP contribution < -0.4 is 10.1 Å². The summed E-state index contributed by atoms with van der Waals surface area (Å²) < 4.78 is 11.5. The van der Waals surface area contributed by atoms with Gasteiger partial charge in [0.25, 0.3) is 0 Å². The third-order valence-corrected chi connectivity index (χ3v) is 3.28. The molecule has 18 heavy (non-hydrogen) atoms. The first-order chi connectivity index (χ1) is 8.22. The molecule has 0 spiro atoms. The van der Waals surface area contributed by atoms with Gasteiger partial charge in [-0.2, -0.15) is 0 Å². The zero-order valence-corrected chi connectivity index (χ0v) is 12.5. The Morgan fingerprint density at radius 2 is 2.33 bits per heavy atom. The number of nitrogens with one attached hydrogen (secondary N) is 1. The van der Waals surface area contributed by atoms with E-state index in [9.17, 15) is 5.11 Å². The number of aromatic hydroxyl groups is 1. The summed E-state index contributed by atoms with van der Waals surface area (Å²) in [6.45, 7) is 4.64. The topological polar surface area (TPSA) is 50.7 Å². The molecule has 2 N–H and O–H groups in total. The van der Waals surface area contributed by atoms with Crippen LogP contribution in [0, 0.1) is 0 Å². The van der Waals surface area contributed by atoms with E-state index in [1.54, 1.807) is 0 Å². The normalized spacial score (nSPS) is 19.1. The van der Waals surface area contributed by atoms with E-state index in [1.807, 2.05) is 19.1 Å². The van der Waals surface area contributed by atoms with E-state index < -0.39 is 0 Å². The Morgan fingerprint density at radius 1 is 1.56 bits per heavy atom. The molecule has 1 atom stereocenters. The van der Waals surface area contributed by atoms with Crippen molar-refractivity contribution in [1.29, 1.82) is 0 Å². The standard InChI is InChI=1S/C12H16BrNO3.ClH/c1-2-17-11-6-8(5-9(13)12(11)15)10-7-16-4-3-14-10;/h5-6,10,14-15H,2-4,7H2,1H3;1H/t10-;/m0./s1. The lowest BCUT2D eigenvalue weighted by atomic mass is 10.1. The van der Waals surface area contributed by atoms with Crippen molar-refractivity contribution < 1.29 is 14.6 Å². The van der Waals surface area contributed by atoms with Crippen LogP contribution in [0.5, 0.6) is 11.5 Å². The van der Waals surface area contributed by atoms with Gasteiger partial charge in [0.15, 0.2) is 11.5 Å². The molecule has 1 heterocycles. The second-order valence-electron chi connectivity index (χ2n) is 3.86. The van der Waals surface area contributed by atoms with Gasteiger partial charge in [0.1, 0.15) is 0 Å². The molecule has 0 radical (unpaired) electrons. The zero-order chi connectivity index (χ0) is 12.3. The highest BCUT2D eigenvalue weighted by Crippen LogP contribution is 2.37. The van der Waals surface area contributed by atoms with E-state index >= 15 is 0 Å². The van der Waals surface area contributed by atoms with Gasteiger partial charge in [-0.25, -0.2) is 0 Å². The van der Waals surface area contributed by atoms with Gasteiger partial charge in [-0.15, -0.1) is 12.4 Å². The first-order valence-corrected chi connectivity index (χ1v) is 6.48. The molecule has 102 valence electrons. The van der Waals surface area contributed by atoms with Gasteiger partial charge in [0.05, 0.1) is 30.3 Å². The SMILES string of the molecule is CCOc1cc([C@@H]2COCCN2)cc(Br)c1O.Cl. The maximum absolute atomic E-state index is 9.83. The van der Waals surface area contributed by atoms with Crippen LogP contribution in [-0.4, -0.2) is 31.5 Å². The molecular formula is C12H17BrClNO3. The Balaban J connectivity index is 0.00000162. The number of morpholine rings is 1. The van der Waals surface area contributed by atoms with Gasteiger partial charge in [-0.05, 0) is 40.5 Å². The summed E-state index contributed by atoms with van der Waals surface area (Å²) in [6, 6.07) is 3.90. The van der Waals surface area contributed by atoms with Crippen LogP contribution in [-0.2, 0) is 4.74 Å². The third kappa shape index (κ3) is 3.51. The summed E-state index contributed by atoms with van der Waals surface area (Å²) in [4.78, 5) is 0. The highest BCUT2D eigenvalue weighted by Gasteiger charge is 2.18. The first kappa shape index (κ1) is 15.6. The minimum Gasteiger partial charge on any atom is -0.503 e. The van der Waals surface area contributed by atoms with Crippen molar-refractivity contribution in [1.82, 2.24) is 5.32 Å². The van der Waals surface area contributed by atoms with Crippen LogP contribution in [0.25, 0.3) is 0 Å². The predicted molar refractivity (Wildman–Crippen MR) is 75.8 cm³/mol. The number of ether oxygens (including phenoxy) is 2. The van der Waals surface area contributed by atoms with E-state index in [0.717, 1.165) is 18.7 Å². The first-order valence-electron chi connectivity index (χ1n) is 5.68. The molecular weight excluding hydrogens is 321 g/mol. The van der Waals surface area contributed by atoms with Crippen molar-refractivity contribution in [2.75, 3.05) is 26.4 Å². The lowest BCUT2D eigenvalue weighted by Gasteiger charge is -2.25. The van der Waals surface area contributed by atoms with E-state index in [0.29, 0.717) is 23.4 Å². The van der Waals surface area contributed by atoms with Crippen LogP contribution in [0.4, 0.5) is 0 Å². The van der Waals surface area contributed by atoms with Crippen LogP contribution in [0.2, 0.25) is 0 Å². The third-order valence-electron chi connectivity index (χ3n) is 2.67. The molecule has 0 unspecified atom stereocenters. The molecule has 1 aliphatic rings. The van der Waals surface area contributed by atoms with Gasteiger partial charge in [-0.1, -0.05) is 0 Å². The van der Waals surface area contributed by atoms with E-state index in [2.05, 4.69) is 21.2 Å². The highest BCUT2D eigenvalue weighted by atomic mass is 79.9. The van der Waals surface area contributed by atoms with E-state index in [4.69, 9.17) is 9.47 Å². The van der Waals surface area contributed by atoms with Gasteiger partial charge in [-0.3, -0.25) is 0 Å². The number of phenols is 1. The zero-order valence-electron chi connectivity index (χ0n) is 10.1. The highest BCUT2D eigenvalue weighted by molar-refractivity contribution is 9.10. The summed E-state index contributed by atoms with van der Waals surface area (Å²) in [5.41, 5.74) is 1.05. The molecule has 1 aliphatic heterocycles. The van der Waals surface area contributed by atoms with Crippen molar-refractivity contribution in [3.05, 3.63) is 22.2 Å². The molecule has 6 heteroatoms. The Morgan fingerprint density at radius 3 is 2.94 bits per heavy atom. The second kappa shape index (κ2) is 7.19. The molecule has 0 amide bonds. The quantitative estimate of drug-likeness (QED) is 0.889. The number of benzene rings is 1.